The summed E-state index contributed by atoms with van der Waals surface area (Å²) in [6.07, 6.45) is 2.79. The van der Waals surface area contributed by atoms with Crippen LogP contribution < -0.4 is 4.74 Å². The van der Waals surface area contributed by atoms with Crippen LogP contribution in [0.15, 0.2) is 36.9 Å². The molecular formula is C17H23NO3. The van der Waals surface area contributed by atoms with Gasteiger partial charge in [0.15, 0.2) is 0 Å². The third-order valence-corrected chi connectivity index (χ3v) is 3.61. The molecule has 0 spiro atoms. The summed E-state index contributed by atoms with van der Waals surface area (Å²) in [5.74, 6) is 1.16. The van der Waals surface area contributed by atoms with Gasteiger partial charge >= 0.3 is 5.97 Å². The first-order chi connectivity index (χ1) is 10.2. The maximum absolute atomic E-state index is 11.7. The van der Waals surface area contributed by atoms with Crippen LogP contribution in [-0.2, 0) is 9.53 Å². The molecule has 0 amide bonds. The van der Waals surface area contributed by atoms with E-state index in [1.165, 1.54) is 5.56 Å². The predicted octanol–water partition coefficient (Wildman–Crippen LogP) is 2.60. The average Bonchev–Trinajstić information content (AvgIpc) is 2.48. The lowest BCUT2D eigenvalue weighted by Crippen LogP contribution is -2.35. The standard InChI is InChI=1S/C17H23NO3/c1-3-10-18(13-17(19)20-4-2)12-14-9-11-21-16-8-6-5-7-15(14)16/h3,5-8,14H,1,4,9-13H2,2H3. The van der Waals surface area contributed by atoms with E-state index in [9.17, 15) is 4.79 Å². The Balaban J connectivity index is 2.03. The van der Waals surface area contributed by atoms with E-state index < -0.39 is 0 Å². The predicted molar refractivity (Wildman–Crippen MR) is 82.6 cm³/mol. The number of carbonyl (C=O) groups is 1. The van der Waals surface area contributed by atoms with Crippen LogP contribution in [0.3, 0.4) is 0 Å². The van der Waals surface area contributed by atoms with E-state index in [1.54, 1.807) is 0 Å². The molecular weight excluding hydrogens is 266 g/mol. The molecule has 0 saturated carbocycles. The van der Waals surface area contributed by atoms with Crippen molar-refractivity contribution in [2.24, 2.45) is 0 Å². The number of rotatable bonds is 7. The molecule has 1 aliphatic heterocycles. The van der Waals surface area contributed by atoms with Gasteiger partial charge in [0, 0.05) is 19.0 Å². The van der Waals surface area contributed by atoms with E-state index in [0.717, 1.165) is 25.3 Å². The van der Waals surface area contributed by atoms with Crippen molar-refractivity contribution < 1.29 is 14.3 Å². The van der Waals surface area contributed by atoms with Crippen molar-refractivity contribution in [3.63, 3.8) is 0 Å². The normalized spacial score (nSPS) is 17.0. The number of hydrogen-bond acceptors (Lipinski definition) is 4. The fraction of sp³-hybridized carbons (Fsp3) is 0.471. The molecule has 0 aromatic heterocycles. The van der Waals surface area contributed by atoms with Crippen LogP contribution in [0, 0.1) is 0 Å². The zero-order chi connectivity index (χ0) is 15.1. The topological polar surface area (TPSA) is 38.8 Å². The number of nitrogens with zero attached hydrogens (tertiary/aromatic N) is 1. The molecule has 1 aromatic rings. The maximum atomic E-state index is 11.7. The molecule has 0 saturated heterocycles. The van der Waals surface area contributed by atoms with E-state index >= 15 is 0 Å². The molecule has 21 heavy (non-hydrogen) atoms. The van der Waals surface area contributed by atoms with E-state index in [2.05, 4.69) is 17.5 Å². The molecule has 1 aromatic carbocycles. The summed E-state index contributed by atoms with van der Waals surface area (Å²) in [4.78, 5) is 13.8. The molecule has 114 valence electrons. The SMILES string of the molecule is C=CCN(CC(=O)OCC)CC1CCOc2ccccc21. The fourth-order valence-corrected chi connectivity index (χ4v) is 2.69. The van der Waals surface area contributed by atoms with Crippen LogP contribution in [0.5, 0.6) is 5.75 Å². The summed E-state index contributed by atoms with van der Waals surface area (Å²) in [5.41, 5.74) is 1.22. The minimum Gasteiger partial charge on any atom is -0.493 e. The molecule has 1 aliphatic rings. The third kappa shape index (κ3) is 4.33. The Morgan fingerprint density at radius 3 is 3.10 bits per heavy atom. The Kier molecular flexibility index (Phi) is 5.81. The van der Waals surface area contributed by atoms with Crippen LogP contribution >= 0.6 is 0 Å². The zero-order valence-electron chi connectivity index (χ0n) is 12.6. The van der Waals surface area contributed by atoms with Crippen LogP contribution in [0.4, 0.5) is 0 Å². The lowest BCUT2D eigenvalue weighted by atomic mass is 9.92. The summed E-state index contributed by atoms with van der Waals surface area (Å²) in [5, 5.41) is 0. The number of carbonyl (C=O) groups excluding carboxylic acids is 1. The van der Waals surface area contributed by atoms with E-state index in [0.29, 0.717) is 25.6 Å². The van der Waals surface area contributed by atoms with Gasteiger partial charge in [-0.3, -0.25) is 9.69 Å². The van der Waals surface area contributed by atoms with Crippen molar-refractivity contribution in [2.45, 2.75) is 19.3 Å². The molecule has 0 fully saturated rings. The molecule has 4 nitrogen and oxygen atoms in total. The molecule has 1 unspecified atom stereocenters. The van der Waals surface area contributed by atoms with Gasteiger partial charge in [0.2, 0.25) is 0 Å². The third-order valence-electron chi connectivity index (χ3n) is 3.61. The van der Waals surface area contributed by atoms with Crippen LogP contribution in [-0.4, -0.2) is 43.7 Å². The van der Waals surface area contributed by atoms with E-state index in [1.807, 2.05) is 31.2 Å². The number of esters is 1. The van der Waals surface area contributed by atoms with Gasteiger partial charge in [0.25, 0.3) is 0 Å². The maximum Gasteiger partial charge on any atom is 0.320 e. The van der Waals surface area contributed by atoms with E-state index in [-0.39, 0.29) is 5.97 Å². The minimum atomic E-state index is -0.181. The molecule has 4 heteroatoms. The Bertz CT molecular complexity index is 487. The van der Waals surface area contributed by atoms with Crippen LogP contribution in [0.1, 0.15) is 24.8 Å². The summed E-state index contributed by atoms with van der Waals surface area (Å²) in [6.45, 7) is 8.53. The average molecular weight is 289 g/mol. The lowest BCUT2D eigenvalue weighted by Gasteiger charge is -2.30. The summed E-state index contributed by atoms with van der Waals surface area (Å²) in [7, 11) is 0. The molecule has 0 N–H and O–H groups in total. The van der Waals surface area contributed by atoms with E-state index in [4.69, 9.17) is 9.47 Å². The van der Waals surface area contributed by atoms with Crippen molar-refractivity contribution in [3.05, 3.63) is 42.5 Å². The highest BCUT2D eigenvalue weighted by Crippen LogP contribution is 2.33. The van der Waals surface area contributed by atoms with Gasteiger partial charge in [-0.15, -0.1) is 6.58 Å². The van der Waals surface area contributed by atoms with Gasteiger partial charge in [0.05, 0.1) is 19.8 Å². The Morgan fingerprint density at radius 1 is 1.52 bits per heavy atom. The fourth-order valence-electron chi connectivity index (χ4n) is 2.69. The molecule has 0 radical (unpaired) electrons. The second-order valence-corrected chi connectivity index (χ2v) is 5.16. The second kappa shape index (κ2) is 7.84. The van der Waals surface area contributed by atoms with Crippen molar-refractivity contribution in [3.8, 4) is 5.75 Å². The van der Waals surface area contributed by atoms with Crippen LogP contribution in [0.25, 0.3) is 0 Å². The molecule has 0 aliphatic carbocycles. The summed E-state index contributed by atoms with van der Waals surface area (Å²) < 4.78 is 10.7. The highest BCUT2D eigenvalue weighted by molar-refractivity contribution is 5.71. The van der Waals surface area contributed by atoms with Gasteiger partial charge in [-0.05, 0) is 25.0 Å². The largest absolute Gasteiger partial charge is 0.493 e. The number of benzene rings is 1. The van der Waals surface area contributed by atoms with Gasteiger partial charge in [-0.25, -0.2) is 0 Å². The summed E-state index contributed by atoms with van der Waals surface area (Å²) >= 11 is 0. The van der Waals surface area contributed by atoms with Gasteiger partial charge in [-0.1, -0.05) is 24.3 Å². The monoisotopic (exact) mass is 289 g/mol. The molecule has 0 bridgehead atoms. The lowest BCUT2D eigenvalue weighted by molar-refractivity contribution is -0.144. The zero-order valence-corrected chi connectivity index (χ0v) is 12.6. The molecule has 1 heterocycles. The first-order valence-corrected chi connectivity index (χ1v) is 7.45. The van der Waals surface area contributed by atoms with Gasteiger partial charge in [0.1, 0.15) is 5.75 Å². The smallest absolute Gasteiger partial charge is 0.320 e. The molecule has 1 atom stereocenters. The number of hydrogen-bond donors (Lipinski definition) is 0. The molecule has 2 rings (SSSR count). The Hall–Kier alpha value is -1.81. The van der Waals surface area contributed by atoms with Gasteiger partial charge < -0.3 is 9.47 Å². The van der Waals surface area contributed by atoms with Gasteiger partial charge in [-0.2, -0.15) is 0 Å². The van der Waals surface area contributed by atoms with Crippen molar-refractivity contribution >= 4 is 5.97 Å². The first kappa shape index (κ1) is 15.6. The van der Waals surface area contributed by atoms with Crippen molar-refractivity contribution in [1.82, 2.24) is 4.90 Å². The Labute approximate surface area is 126 Å². The van der Waals surface area contributed by atoms with Crippen molar-refractivity contribution in [1.29, 1.82) is 0 Å². The minimum absolute atomic E-state index is 0.181. The quantitative estimate of drug-likeness (QED) is 0.571. The summed E-state index contributed by atoms with van der Waals surface area (Å²) in [6, 6.07) is 8.13. The highest BCUT2D eigenvalue weighted by Gasteiger charge is 2.24. The second-order valence-electron chi connectivity index (χ2n) is 5.16. The number of fused-ring (bicyclic) bond motifs is 1. The number of para-hydroxylation sites is 1. The van der Waals surface area contributed by atoms with Crippen molar-refractivity contribution in [2.75, 3.05) is 32.8 Å². The Morgan fingerprint density at radius 2 is 2.33 bits per heavy atom. The first-order valence-electron chi connectivity index (χ1n) is 7.45. The number of ether oxygens (including phenoxy) is 2. The van der Waals surface area contributed by atoms with Crippen LogP contribution in [0.2, 0.25) is 0 Å². The highest BCUT2D eigenvalue weighted by atomic mass is 16.5.